The lowest BCUT2D eigenvalue weighted by Gasteiger charge is -2.25. The molecule has 0 heterocycles. The van der Waals surface area contributed by atoms with Crippen LogP contribution in [-0.2, 0) is 4.79 Å². The number of hydrogen-bond donors (Lipinski definition) is 4. The molecule has 27 heavy (non-hydrogen) atoms. The average molecular weight is 367 g/mol. The largest absolute Gasteiger partial charge is 0.480 e. The summed E-state index contributed by atoms with van der Waals surface area (Å²) in [5.41, 5.74) is 0.357. The van der Waals surface area contributed by atoms with Gasteiger partial charge < -0.3 is 21.1 Å². The first-order valence-corrected chi connectivity index (χ1v) is 8.78. The standard InChI is InChI=1S/C20H21N3O4/c24-17(23-20(18(25)26)12-4-5-13-20)14-8-10-16(11-9-14)22-19(27)21-15-6-2-1-3-7-15/h1-3,6-11H,4-5,12-13H2,(H,23,24)(H,25,26)(H2,21,22,27). The summed E-state index contributed by atoms with van der Waals surface area (Å²) in [4.78, 5) is 35.9. The normalized spacial score (nSPS) is 15.0. The number of aliphatic carboxylic acids is 1. The van der Waals surface area contributed by atoms with E-state index in [0.29, 0.717) is 29.8 Å². The van der Waals surface area contributed by atoms with Gasteiger partial charge in [0.2, 0.25) is 0 Å². The van der Waals surface area contributed by atoms with Crippen molar-refractivity contribution in [2.45, 2.75) is 31.2 Å². The predicted octanol–water partition coefficient (Wildman–Crippen LogP) is 3.46. The first-order valence-electron chi connectivity index (χ1n) is 8.78. The van der Waals surface area contributed by atoms with Gasteiger partial charge in [-0.2, -0.15) is 0 Å². The third-order valence-electron chi connectivity index (χ3n) is 4.66. The Hall–Kier alpha value is -3.35. The number of rotatable bonds is 5. The quantitative estimate of drug-likeness (QED) is 0.649. The second-order valence-electron chi connectivity index (χ2n) is 6.57. The minimum atomic E-state index is -1.18. The second kappa shape index (κ2) is 7.90. The van der Waals surface area contributed by atoms with Crippen LogP contribution in [0.5, 0.6) is 0 Å². The number of carboxylic acids is 1. The Bertz CT molecular complexity index is 828. The Balaban J connectivity index is 1.60. The van der Waals surface area contributed by atoms with Gasteiger partial charge in [0.15, 0.2) is 0 Å². The second-order valence-corrected chi connectivity index (χ2v) is 6.57. The van der Waals surface area contributed by atoms with Crippen LogP contribution in [0.3, 0.4) is 0 Å². The molecule has 0 unspecified atom stereocenters. The van der Waals surface area contributed by atoms with Gasteiger partial charge in [0.05, 0.1) is 0 Å². The lowest BCUT2D eigenvalue weighted by molar-refractivity contribution is -0.144. The molecule has 2 aromatic rings. The van der Waals surface area contributed by atoms with Gasteiger partial charge in [-0.05, 0) is 49.2 Å². The van der Waals surface area contributed by atoms with Crippen molar-refractivity contribution < 1.29 is 19.5 Å². The molecule has 140 valence electrons. The number of para-hydroxylation sites is 1. The summed E-state index contributed by atoms with van der Waals surface area (Å²) < 4.78 is 0. The number of anilines is 2. The molecule has 0 atom stereocenters. The predicted molar refractivity (Wildman–Crippen MR) is 102 cm³/mol. The molecule has 1 fully saturated rings. The summed E-state index contributed by atoms with van der Waals surface area (Å²) in [5.74, 6) is -1.43. The van der Waals surface area contributed by atoms with Crippen molar-refractivity contribution in [3.63, 3.8) is 0 Å². The monoisotopic (exact) mass is 367 g/mol. The van der Waals surface area contributed by atoms with Crippen molar-refractivity contribution >= 4 is 29.3 Å². The molecule has 0 spiro atoms. The zero-order chi connectivity index (χ0) is 19.3. The maximum atomic E-state index is 12.4. The highest BCUT2D eigenvalue weighted by molar-refractivity contribution is 6.01. The van der Waals surface area contributed by atoms with Gasteiger partial charge >= 0.3 is 12.0 Å². The fourth-order valence-electron chi connectivity index (χ4n) is 3.18. The first kappa shape index (κ1) is 18.4. The summed E-state index contributed by atoms with van der Waals surface area (Å²) >= 11 is 0. The van der Waals surface area contributed by atoms with Crippen LogP contribution in [0.2, 0.25) is 0 Å². The Morgan fingerprint density at radius 2 is 1.37 bits per heavy atom. The van der Waals surface area contributed by atoms with Crippen molar-refractivity contribution in [3.05, 3.63) is 60.2 Å². The lowest BCUT2D eigenvalue weighted by atomic mass is 9.97. The average Bonchev–Trinajstić information content (AvgIpc) is 3.13. The van der Waals surface area contributed by atoms with Crippen LogP contribution in [0, 0.1) is 0 Å². The Morgan fingerprint density at radius 3 is 1.93 bits per heavy atom. The zero-order valence-electron chi connectivity index (χ0n) is 14.7. The van der Waals surface area contributed by atoms with E-state index >= 15 is 0 Å². The molecular formula is C20H21N3O4. The Morgan fingerprint density at radius 1 is 0.815 bits per heavy atom. The number of hydrogen-bond acceptors (Lipinski definition) is 3. The fourth-order valence-corrected chi connectivity index (χ4v) is 3.18. The molecule has 0 aliphatic heterocycles. The highest BCUT2D eigenvalue weighted by Crippen LogP contribution is 2.30. The van der Waals surface area contributed by atoms with Crippen LogP contribution in [-0.4, -0.2) is 28.6 Å². The molecule has 7 heteroatoms. The van der Waals surface area contributed by atoms with Crippen LogP contribution in [0.25, 0.3) is 0 Å². The summed E-state index contributed by atoms with van der Waals surface area (Å²) in [6, 6.07) is 14.9. The molecule has 1 saturated carbocycles. The van der Waals surface area contributed by atoms with Crippen molar-refractivity contribution in [2.75, 3.05) is 10.6 Å². The van der Waals surface area contributed by atoms with Crippen LogP contribution in [0.15, 0.2) is 54.6 Å². The molecule has 3 rings (SSSR count). The van der Waals surface area contributed by atoms with Crippen molar-refractivity contribution in [1.82, 2.24) is 5.32 Å². The summed E-state index contributed by atoms with van der Waals surface area (Å²) in [5, 5.41) is 17.5. The number of nitrogens with one attached hydrogen (secondary N) is 3. The molecule has 2 aromatic carbocycles. The maximum absolute atomic E-state index is 12.4. The minimum absolute atomic E-state index is 0.344. The third kappa shape index (κ3) is 4.44. The third-order valence-corrected chi connectivity index (χ3v) is 4.66. The highest BCUT2D eigenvalue weighted by atomic mass is 16.4. The van der Waals surface area contributed by atoms with E-state index in [1.165, 1.54) is 0 Å². The Labute approximate surface area is 156 Å². The van der Waals surface area contributed by atoms with Crippen molar-refractivity contribution in [1.29, 1.82) is 0 Å². The lowest BCUT2D eigenvalue weighted by Crippen LogP contribution is -2.52. The number of carboxylic acid groups (broad SMARTS) is 1. The van der Waals surface area contributed by atoms with E-state index in [2.05, 4.69) is 16.0 Å². The van der Waals surface area contributed by atoms with E-state index in [4.69, 9.17) is 0 Å². The molecule has 4 N–H and O–H groups in total. The van der Waals surface area contributed by atoms with Crippen molar-refractivity contribution in [2.24, 2.45) is 0 Å². The van der Waals surface area contributed by atoms with Gasteiger partial charge in [-0.1, -0.05) is 31.0 Å². The van der Waals surface area contributed by atoms with Gasteiger partial charge in [-0.25, -0.2) is 9.59 Å². The maximum Gasteiger partial charge on any atom is 0.329 e. The number of benzene rings is 2. The summed E-state index contributed by atoms with van der Waals surface area (Å²) in [6.45, 7) is 0. The number of carbonyl (C=O) groups is 3. The molecule has 7 nitrogen and oxygen atoms in total. The molecule has 3 amide bonds. The van der Waals surface area contributed by atoms with Gasteiger partial charge in [-0.3, -0.25) is 4.79 Å². The van der Waals surface area contributed by atoms with Gasteiger partial charge in [-0.15, -0.1) is 0 Å². The van der Waals surface area contributed by atoms with E-state index in [1.54, 1.807) is 36.4 Å². The van der Waals surface area contributed by atoms with Gasteiger partial charge in [0, 0.05) is 16.9 Å². The smallest absolute Gasteiger partial charge is 0.329 e. The highest BCUT2D eigenvalue weighted by Gasteiger charge is 2.42. The molecule has 0 saturated heterocycles. The summed E-state index contributed by atoms with van der Waals surface area (Å²) in [6.07, 6.45) is 2.44. The first-order chi connectivity index (χ1) is 13.0. The molecular weight excluding hydrogens is 346 g/mol. The van der Waals surface area contributed by atoms with E-state index in [0.717, 1.165) is 12.8 Å². The molecule has 1 aliphatic rings. The molecule has 0 bridgehead atoms. The van der Waals surface area contributed by atoms with Gasteiger partial charge in [0.25, 0.3) is 5.91 Å². The number of carbonyl (C=O) groups excluding carboxylic acids is 2. The van der Waals surface area contributed by atoms with E-state index in [-0.39, 0.29) is 0 Å². The Kier molecular flexibility index (Phi) is 5.40. The number of amides is 3. The van der Waals surface area contributed by atoms with E-state index < -0.39 is 23.4 Å². The fraction of sp³-hybridized carbons (Fsp3) is 0.250. The minimum Gasteiger partial charge on any atom is -0.480 e. The summed E-state index contributed by atoms with van der Waals surface area (Å²) in [7, 11) is 0. The number of urea groups is 1. The van der Waals surface area contributed by atoms with Crippen LogP contribution < -0.4 is 16.0 Å². The van der Waals surface area contributed by atoms with E-state index in [9.17, 15) is 19.5 Å². The van der Waals surface area contributed by atoms with Crippen molar-refractivity contribution in [3.8, 4) is 0 Å². The van der Waals surface area contributed by atoms with Gasteiger partial charge in [0.1, 0.15) is 5.54 Å². The van der Waals surface area contributed by atoms with Crippen LogP contribution >= 0.6 is 0 Å². The van der Waals surface area contributed by atoms with Crippen LogP contribution in [0.4, 0.5) is 16.2 Å². The zero-order valence-corrected chi connectivity index (χ0v) is 14.7. The topological polar surface area (TPSA) is 108 Å². The molecule has 0 aromatic heterocycles. The SMILES string of the molecule is O=C(Nc1ccccc1)Nc1ccc(C(=O)NC2(C(=O)O)CCCC2)cc1. The molecule has 1 aliphatic carbocycles. The van der Waals surface area contributed by atoms with Crippen LogP contribution in [0.1, 0.15) is 36.0 Å². The van der Waals surface area contributed by atoms with E-state index in [1.807, 2.05) is 18.2 Å². The molecule has 0 radical (unpaired) electrons.